The second-order valence-electron chi connectivity index (χ2n) is 6.82. The van der Waals surface area contributed by atoms with E-state index in [0.29, 0.717) is 11.3 Å². The van der Waals surface area contributed by atoms with Crippen LogP contribution in [-0.2, 0) is 10.0 Å². The van der Waals surface area contributed by atoms with E-state index >= 15 is 0 Å². The number of piperazine rings is 1. The number of sulfonamides is 1. The molecule has 3 N–H and O–H groups in total. The number of likely N-dealkylation sites (N-methyl/N-ethyl adjacent to an activating group) is 1. The topological polar surface area (TPSA) is 95.7 Å². The van der Waals surface area contributed by atoms with Gasteiger partial charge in [0.25, 0.3) is 5.91 Å². The Bertz CT molecular complexity index is 934. The molecular weight excluding hydrogens is 364 g/mol. The maximum atomic E-state index is 12.5. The van der Waals surface area contributed by atoms with Gasteiger partial charge in [0.05, 0.1) is 4.90 Å². The summed E-state index contributed by atoms with van der Waals surface area (Å²) in [4.78, 5) is 17.0. The standard InChI is InChI=1S/C19H24N4O3S/c1-14-3-4-15(13-18(14)27(20,25)26)19(24)21-16-5-7-17(8-6-16)23-11-9-22(2)10-12-23/h3-8,13H,9-12H2,1-2H3,(H,21,24)(H2,20,25,26). The second kappa shape index (κ2) is 7.67. The summed E-state index contributed by atoms with van der Waals surface area (Å²) in [6, 6.07) is 12.1. The molecular formula is C19H24N4O3S. The SMILES string of the molecule is Cc1ccc(C(=O)Nc2ccc(N3CCN(C)CC3)cc2)cc1S(N)(=O)=O. The van der Waals surface area contributed by atoms with Crippen LogP contribution in [0.3, 0.4) is 0 Å². The summed E-state index contributed by atoms with van der Waals surface area (Å²) >= 11 is 0. The first-order valence-corrected chi connectivity index (χ1v) is 10.3. The Labute approximate surface area is 159 Å². The molecule has 1 fully saturated rings. The maximum Gasteiger partial charge on any atom is 0.255 e. The summed E-state index contributed by atoms with van der Waals surface area (Å²) < 4.78 is 23.3. The van der Waals surface area contributed by atoms with Crippen molar-refractivity contribution in [2.75, 3.05) is 43.4 Å². The van der Waals surface area contributed by atoms with Crippen LogP contribution in [-0.4, -0.2) is 52.5 Å². The fourth-order valence-corrected chi connectivity index (χ4v) is 3.88. The van der Waals surface area contributed by atoms with Crippen LogP contribution in [0.2, 0.25) is 0 Å². The van der Waals surface area contributed by atoms with Crippen molar-refractivity contribution in [3.05, 3.63) is 53.6 Å². The fourth-order valence-electron chi connectivity index (χ4n) is 3.07. The number of hydrogen-bond acceptors (Lipinski definition) is 5. The molecule has 0 bridgehead atoms. The molecule has 1 heterocycles. The van der Waals surface area contributed by atoms with E-state index in [1.54, 1.807) is 19.1 Å². The molecule has 3 rings (SSSR count). The number of carbonyl (C=O) groups is 1. The van der Waals surface area contributed by atoms with Gasteiger partial charge in [-0.05, 0) is 55.9 Å². The molecule has 0 aromatic heterocycles. The molecule has 7 nitrogen and oxygen atoms in total. The number of nitrogens with two attached hydrogens (primary N) is 1. The Morgan fingerprint density at radius 1 is 1.04 bits per heavy atom. The number of hydrogen-bond donors (Lipinski definition) is 2. The molecule has 0 unspecified atom stereocenters. The van der Waals surface area contributed by atoms with Crippen LogP contribution in [0.4, 0.5) is 11.4 Å². The lowest BCUT2D eigenvalue weighted by Crippen LogP contribution is -2.44. The van der Waals surface area contributed by atoms with Gasteiger partial charge in [0.15, 0.2) is 0 Å². The van der Waals surface area contributed by atoms with Crippen LogP contribution in [0.5, 0.6) is 0 Å². The van der Waals surface area contributed by atoms with Gasteiger partial charge in [-0.25, -0.2) is 13.6 Å². The number of primary sulfonamides is 1. The zero-order valence-corrected chi connectivity index (χ0v) is 16.3. The molecule has 1 aliphatic rings. The van der Waals surface area contributed by atoms with Crippen molar-refractivity contribution in [3.8, 4) is 0 Å². The highest BCUT2D eigenvalue weighted by molar-refractivity contribution is 7.89. The lowest BCUT2D eigenvalue weighted by atomic mass is 10.1. The molecule has 2 aromatic rings. The van der Waals surface area contributed by atoms with Crippen LogP contribution in [0.25, 0.3) is 0 Å². The Morgan fingerprint density at radius 3 is 2.26 bits per heavy atom. The third-order valence-electron chi connectivity index (χ3n) is 4.75. The molecule has 27 heavy (non-hydrogen) atoms. The van der Waals surface area contributed by atoms with Crippen molar-refractivity contribution in [2.24, 2.45) is 5.14 Å². The van der Waals surface area contributed by atoms with Gasteiger partial charge in [-0.15, -0.1) is 0 Å². The minimum Gasteiger partial charge on any atom is -0.369 e. The lowest BCUT2D eigenvalue weighted by Gasteiger charge is -2.34. The second-order valence-corrected chi connectivity index (χ2v) is 8.35. The van der Waals surface area contributed by atoms with Crippen molar-refractivity contribution in [3.63, 3.8) is 0 Å². The van der Waals surface area contributed by atoms with Gasteiger partial charge in [0.1, 0.15) is 0 Å². The molecule has 0 radical (unpaired) electrons. The van der Waals surface area contributed by atoms with Crippen molar-refractivity contribution in [1.29, 1.82) is 0 Å². The van der Waals surface area contributed by atoms with E-state index in [2.05, 4.69) is 22.2 Å². The molecule has 8 heteroatoms. The molecule has 2 aromatic carbocycles. The molecule has 0 atom stereocenters. The molecule has 1 amide bonds. The normalized spacial score (nSPS) is 15.6. The lowest BCUT2D eigenvalue weighted by molar-refractivity contribution is 0.102. The van der Waals surface area contributed by atoms with Gasteiger partial charge in [-0.2, -0.15) is 0 Å². The summed E-state index contributed by atoms with van der Waals surface area (Å²) in [5, 5.41) is 8.00. The largest absolute Gasteiger partial charge is 0.369 e. The predicted octanol–water partition coefficient (Wildman–Crippen LogP) is 1.65. The molecule has 0 saturated carbocycles. The molecule has 144 valence electrons. The minimum absolute atomic E-state index is 0.0411. The van der Waals surface area contributed by atoms with E-state index in [1.165, 1.54) is 6.07 Å². The van der Waals surface area contributed by atoms with Gasteiger partial charge < -0.3 is 15.1 Å². The summed E-state index contributed by atoms with van der Waals surface area (Å²) in [6.07, 6.45) is 0. The first-order chi connectivity index (χ1) is 12.7. The number of amides is 1. The summed E-state index contributed by atoms with van der Waals surface area (Å²) in [7, 11) is -1.76. The van der Waals surface area contributed by atoms with E-state index in [1.807, 2.05) is 24.3 Å². The monoisotopic (exact) mass is 388 g/mol. The molecule has 1 saturated heterocycles. The van der Waals surface area contributed by atoms with E-state index in [-0.39, 0.29) is 16.4 Å². The van der Waals surface area contributed by atoms with Crippen molar-refractivity contribution >= 4 is 27.3 Å². The minimum atomic E-state index is -3.87. The van der Waals surface area contributed by atoms with E-state index in [4.69, 9.17) is 5.14 Å². The van der Waals surface area contributed by atoms with Crippen molar-refractivity contribution in [2.45, 2.75) is 11.8 Å². The van der Waals surface area contributed by atoms with Gasteiger partial charge in [-0.3, -0.25) is 4.79 Å². The highest BCUT2D eigenvalue weighted by Crippen LogP contribution is 2.21. The number of benzene rings is 2. The number of rotatable bonds is 4. The number of anilines is 2. The average Bonchev–Trinajstić information content (AvgIpc) is 2.62. The van der Waals surface area contributed by atoms with E-state index in [0.717, 1.165) is 31.9 Å². The summed E-state index contributed by atoms with van der Waals surface area (Å²) in [6.45, 7) is 5.64. The first kappa shape index (κ1) is 19.3. The van der Waals surface area contributed by atoms with Crippen molar-refractivity contribution < 1.29 is 13.2 Å². The van der Waals surface area contributed by atoms with Crippen LogP contribution in [0.15, 0.2) is 47.4 Å². The van der Waals surface area contributed by atoms with Crippen LogP contribution < -0.4 is 15.4 Å². The predicted molar refractivity (Wildman–Crippen MR) is 107 cm³/mol. The van der Waals surface area contributed by atoms with Crippen LogP contribution >= 0.6 is 0 Å². The van der Waals surface area contributed by atoms with E-state index < -0.39 is 10.0 Å². The van der Waals surface area contributed by atoms with E-state index in [9.17, 15) is 13.2 Å². The zero-order chi connectivity index (χ0) is 19.6. The van der Waals surface area contributed by atoms with Gasteiger partial charge in [0.2, 0.25) is 10.0 Å². The summed E-state index contributed by atoms with van der Waals surface area (Å²) in [5.41, 5.74) is 2.52. The maximum absolute atomic E-state index is 12.5. The zero-order valence-electron chi connectivity index (χ0n) is 15.5. The first-order valence-electron chi connectivity index (χ1n) is 8.72. The Morgan fingerprint density at radius 2 is 1.67 bits per heavy atom. The van der Waals surface area contributed by atoms with Gasteiger partial charge in [-0.1, -0.05) is 6.07 Å². The Kier molecular flexibility index (Phi) is 5.50. The third kappa shape index (κ3) is 4.65. The summed E-state index contributed by atoms with van der Waals surface area (Å²) in [5.74, 6) is -0.382. The Balaban J connectivity index is 1.71. The Hall–Kier alpha value is -2.42. The smallest absolute Gasteiger partial charge is 0.255 e. The highest BCUT2D eigenvalue weighted by Gasteiger charge is 2.16. The molecule has 0 spiro atoms. The average molecular weight is 388 g/mol. The number of nitrogens with one attached hydrogen (secondary N) is 1. The van der Waals surface area contributed by atoms with Gasteiger partial charge >= 0.3 is 0 Å². The number of aryl methyl sites for hydroxylation is 1. The van der Waals surface area contributed by atoms with Crippen LogP contribution in [0, 0.1) is 6.92 Å². The quantitative estimate of drug-likeness (QED) is 0.830. The number of nitrogens with zero attached hydrogens (tertiary/aromatic N) is 2. The fraction of sp³-hybridized carbons (Fsp3) is 0.316. The molecule has 0 aliphatic carbocycles. The van der Waals surface area contributed by atoms with Crippen LogP contribution in [0.1, 0.15) is 15.9 Å². The number of carbonyl (C=O) groups excluding carboxylic acids is 1. The third-order valence-corrected chi connectivity index (χ3v) is 5.80. The van der Waals surface area contributed by atoms with Gasteiger partial charge in [0, 0.05) is 43.1 Å². The highest BCUT2D eigenvalue weighted by atomic mass is 32.2. The van der Waals surface area contributed by atoms with Crippen molar-refractivity contribution in [1.82, 2.24) is 4.90 Å². The molecule has 1 aliphatic heterocycles.